The second-order valence-corrected chi connectivity index (χ2v) is 7.47. The Bertz CT molecular complexity index is 979. The molecule has 0 atom stereocenters. The fourth-order valence-electron chi connectivity index (χ4n) is 3.59. The van der Waals surface area contributed by atoms with E-state index in [1.165, 1.54) is 0 Å². The van der Waals surface area contributed by atoms with Gasteiger partial charge in [-0.25, -0.2) is 0 Å². The van der Waals surface area contributed by atoms with Gasteiger partial charge in [-0.05, 0) is 23.8 Å². The molecule has 0 unspecified atom stereocenters. The summed E-state index contributed by atoms with van der Waals surface area (Å²) >= 11 is 5.36. The van der Waals surface area contributed by atoms with Crippen molar-refractivity contribution in [2.24, 2.45) is 5.10 Å². The summed E-state index contributed by atoms with van der Waals surface area (Å²) in [5.41, 5.74) is 7.24. The molecule has 0 bridgehead atoms. The van der Waals surface area contributed by atoms with E-state index in [1.807, 2.05) is 36.5 Å². The van der Waals surface area contributed by atoms with Crippen LogP contribution in [0.1, 0.15) is 5.56 Å². The molecule has 29 heavy (non-hydrogen) atoms. The van der Waals surface area contributed by atoms with Crippen molar-refractivity contribution >= 4 is 34.4 Å². The van der Waals surface area contributed by atoms with E-state index in [9.17, 15) is 0 Å². The number of rotatable bonds is 6. The Morgan fingerprint density at radius 2 is 1.86 bits per heavy atom. The molecule has 1 aromatic heterocycles. The molecule has 150 valence electrons. The Morgan fingerprint density at radius 3 is 2.69 bits per heavy atom. The minimum Gasteiger partial charge on any atom is -0.370 e. The number of nitrogens with one attached hydrogen (secondary N) is 4. The molecule has 4 rings (SSSR count). The highest BCUT2D eigenvalue weighted by Gasteiger charge is 2.13. The molecule has 7 heteroatoms. The van der Waals surface area contributed by atoms with Crippen LogP contribution >= 0.6 is 12.2 Å². The molecule has 2 aromatic carbocycles. The first-order valence-corrected chi connectivity index (χ1v) is 10.4. The summed E-state index contributed by atoms with van der Waals surface area (Å²) < 4.78 is 5.39. The van der Waals surface area contributed by atoms with E-state index in [0.717, 1.165) is 67.1 Å². The van der Waals surface area contributed by atoms with Gasteiger partial charge in [-0.2, -0.15) is 5.10 Å². The van der Waals surface area contributed by atoms with Gasteiger partial charge in [0.2, 0.25) is 0 Å². The number of fused-ring (bicyclic) bond motifs is 1. The number of nitrogens with zero attached hydrogens (tertiary/aromatic N) is 1. The molecular formula is C22H26N5OS+. The van der Waals surface area contributed by atoms with Gasteiger partial charge in [0, 0.05) is 16.5 Å². The van der Waals surface area contributed by atoms with E-state index in [2.05, 4.69) is 45.1 Å². The maximum Gasteiger partial charge on any atom is 0.187 e. The van der Waals surface area contributed by atoms with Gasteiger partial charge in [-0.15, -0.1) is 0 Å². The SMILES string of the molecule is S=C(NCC[NH+]1CCOCC1)N/N=C/c1c(-c2ccccc2)[nH]c2ccccc12. The molecule has 0 saturated carbocycles. The normalized spacial score (nSPS) is 15.0. The second-order valence-electron chi connectivity index (χ2n) is 7.06. The third kappa shape index (κ3) is 5.00. The van der Waals surface area contributed by atoms with Gasteiger partial charge < -0.3 is 19.9 Å². The molecular weight excluding hydrogens is 382 g/mol. The van der Waals surface area contributed by atoms with Gasteiger partial charge in [-0.3, -0.25) is 5.43 Å². The van der Waals surface area contributed by atoms with Crippen molar-refractivity contribution in [3.8, 4) is 11.3 Å². The summed E-state index contributed by atoms with van der Waals surface area (Å²) in [6.07, 6.45) is 1.84. The van der Waals surface area contributed by atoms with Crippen LogP contribution in [0.2, 0.25) is 0 Å². The fraction of sp³-hybridized carbons (Fsp3) is 0.273. The standard InChI is InChI=1S/C22H25N5OS/c29-22(23-10-11-27-12-14-28-15-13-27)26-24-16-19-18-8-4-5-9-20(18)25-21(19)17-6-2-1-3-7-17/h1-9,16,25H,10-15H2,(H2,23,26,29)/p+1/b24-16+. The summed E-state index contributed by atoms with van der Waals surface area (Å²) in [6, 6.07) is 18.5. The highest BCUT2D eigenvalue weighted by molar-refractivity contribution is 7.80. The van der Waals surface area contributed by atoms with Gasteiger partial charge in [0.25, 0.3) is 0 Å². The minimum atomic E-state index is 0.537. The van der Waals surface area contributed by atoms with E-state index >= 15 is 0 Å². The number of H-pyrrole nitrogens is 1. The molecule has 1 aliphatic heterocycles. The molecule has 0 radical (unpaired) electrons. The lowest BCUT2D eigenvalue weighted by Crippen LogP contribution is -3.14. The fourth-order valence-corrected chi connectivity index (χ4v) is 3.74. The summed E-state index contributed by atoms with van der Waals surface area (Å²) in [6.45, 7) is 5.65. The number of ether oxygens (including phenoxy) is 1. The summed E-state index contributed by atoms with van der Waals surface area (Å²) in [5, 5.41) is 9.29. The number of aromatic amines is 1. The molecule has 0 aliphatic carbocycles. The number of aromatic nitrogens is 1. The topological polar surface area (TPSA) is 65.9 Å². The first-order chi connectivity index (χ1) is 14.3. The molecule has 4 N–H and O–H groups in total. The van der Waals surface area contributed by atoms with Crippen molar-refractivity contribution in [1.29, 1.82) is 0 Å². The second kappa shape index (κ2) is 9.65. The minimum absolute atomic E-state index is 0.537. The number of hydrogen-bond acceptors (Lipinski definition) is 3. The molecule has 3 aromatic rings. The first-order valence-electron chi connectivity index (χ1n) is 9.95. The summed E-state index contributed by atoms with van der Waals surface area (Å²) in [5.74, 6) is 0. The van der Waals surface area contributed by atoms with Crippen molar-refractivity contribution in [2.75, 3.05) is 39.4 Å². The number of para-hydroxylation sites is 1. The maximum atomic E-state index is 5.39. The molecule has 2 heterocycles. The average molecular weight is 409 g/mol. The number of morpholine rings is 1. The number of thiocarbonyl (C=S) groups is 1. The largest absolute Gasteiger partial charge is 0.370 e. The van der Waals surface area contributed by atoms with E-state index in [1.54, 1.807) is 4.90 Å². The molecule has 0 spiro atoms. The van der Waals surface area contributed by atoms with Crippen LogP contribution in [-0.2, 0) is 4.74 Å². The smallest absolute Gasteiger partial charge is 0.187 e. The molecule has 0 amide bonds. The van der Waals surface area contributed by atoms with Crippen LogP contribution in [0.4, 0.5) is 0 Å². The maximum absolute atomic E-state index is 5.39. The lowest BCUT2D eigenvalue weighted by molar-refractivity contribution is -0.906. The zero-order valence-corrected chi connectivity index (χ0v) is 17.1. The highest BCUT2D eigenvalue weighted by Crippen LogP contribution is 2.28. The molecule has 1 fully saturated rings. The van der Waals surface area contributed by atoms with Gasteiger partial charge in [0.1, 0.15) is 13.1 Å². The van der Waals surface area contributed by atoms with Crippen LogP contribution in [0, 0.1) is 0 Å². The Morgan fingerprint density at radius 1 is 1.10 bits per heavy atom. The predicted molar refractivity (Wildman–Crippen MR) is 121 cm³/mol. The lowest BCUT2D eigenvalue weighted by atomic mass is 10.1. The van der Waals surface area contributed by atoms with Gasteiger partial charge >= 0.3 is 0 Å². The third-order valence-corrected chi connectivity index (χ3v) is 5.37. The van der Waals surface area contributed by atoms with Gasteiger partial charge in [0.15, 0.2) is 5.11 Å². The average Bonchev–Trinajstić information content (AvgIpc) is 3.14. The van der Waals surface area contributed by atoms with Gasteiger partial charge in [-0.1, -0.05) is 48.5 Å². The van der Waals surface area contributed by atoms with Crippen LogP contribution in [0.15, 0.2) is 59.7 Å². The zero-order valence-electron chi connectivity index (χ0n) is 16.3. The van der Waals surface area contributed by atoms with E-state index < -0.39 is 0 Å². The number of benzene rings is 2. The number of hydrogen-bond donors (Lipinski definition) is 4. The predicted octanol–water partition coefficient (Wildman–Crippen LogP) is 1.55. The van der Waals surface area contributed by atoms with Crippen molar-refractivity contribution in [3.05, 3.63) is 60.2 Å². The number of hydrazone groups is 1. The van der Waals surface area contributed by atoms with E-state index in [-0.39, 0.29) is 0 Å². The summed E-state index contributed by atoms with van der Waals surface area (Å²) in [7, 11) is 0. The first kappa shape index (κ1) is 19.6. The number of quaternary nitrogens is 1. The van der Waals surface area contributed by atoms with Crippen LogP contribution in [0.5, 0.6) is 0 Å². The van der Waals surface area contributed by atoms with E-state index in [4.69, 9.17) is 17.0 Å². The zero-order chi connectivity index (χ0) is 19.9. The Kier molecular flexibility index (Phi) is 6.51. The molecule has 1 aliphatic rings. The van der Waals surface area contributed by atoms with Crippen molar-refractivity contribution in [3.63, 3.8) is 0 Å². The Labute approximate surface area is 175 Å². The molecule has 6 nitrogen and oxygen atoms in total. The lowest BCUT2D eigenvalue weighted by Gasteiger charge is -2.23. The van der Waals surface area contributed by atoms with Crippen molar-refractivity contribution in [1.82, 2.24) is 15.7 Å². The monoisotopic (exact) mass is 408 g/mol. The van der Waals surface area contributed by atoms with Crippen LogP contribution in [0.25, 0.3) is 22.2 Å². The van der Waals surface area contributed by atoms with Crippen LogP contribution < -0.4 is 15.6 Å². The van der Waals surface area contributed by atoms with Crippen LogP contribution in [0.3, 0.4) is 0 Å². The quantitative estimate of drug-likeness (QED) is 0.284. The van der Waals surface area contributed by atoms with E-state index in [0.29, 0.717) is 5.11 Å². The van der Waals surface area contributed by atoms with Crippen molar-refractivity contribution in [2.45, 2.75) is 0 Å². The van der Waals surface area contributed by atoms with Crippen molar-refractivity contribution < 1.29 is 9.64 Å². The van der Waals surface area contributed by atoms with Crippen LogP contribution in [-0.4, -0.2) is 55.7 Å². The summed E-state index contributed by atoms with van der Waals surface area (Å²) in [4.78, 5) is 5.05. The highest BCUT2D eigenvalue weighted by atomic mass is 32.1. The Balaban J connectivity index is 1.40. The Hall–Kier alpha value is -2.74. The third-order valence-electron chi connectivity index (χ3n) is 5.13. The van der Waals surface area contributed by atoms with Gasteiger partial charge in [0.05, 0.1) is 38.2 Å². The molecule has 1 saturated heterocycles.